The van der Waals surface area contributed by atoms with Gasteiger partial charge in [0.1, 0.15) is 10.6 Å². The molecule has 1 atom stereocenters. The van der Waals surface area contributed by atoms with E-state index in [9.17, 15) is 13.2 Å². The van der Waals surface area contributed by atoms with Crippen molar-refractivity contribution in [3.8, 4) is 5.75 Å². The minimum absolute atomic E-state index is 0.137. The Morgan fingerprint density at radius 1 is 1.19 bits per heavy atom. The molecule has 3 rings (SSSR count). The smallest absolute Gasteiger partial charge is 0.245 e. The van der Waals surface area contributed by atoms with Crippen LogP contribution < -0.4 is 10.1 Å². The lowest BCUT2D eigenvalue weighted by Gasteiger charge is -2.26. The van der Waals surface area contributed by atoms with Gasteiger partial charge in [0.25, 0.3) is 0 Å². The Balaban J connectivity index is 2.00. The Kier molecular flexibility index (Phi) is 5.53. The van der Waals surface area contributed by atoms with Crippen LogP contribution in [0.3, 0.4) is 0 Å². The van der Waals surface area contributed by atoms with Crippen LogP contribution >= 0.6 is 0 Å². The quantitative estimate of drug-likeness (QED) is 0.851. The van der Waals surface area contributed by atoms with Gasteiger partial charge in [0.15, 0.2) is 0 Å². The highest BCUT2D eigenvalue weighted by molar-refractivity contribution is 7.89. The van der Waals surface area contributed by atoms with Crippen molar-refractivity contribution in [1.29, 1.82) is 0 Å². The summed E-state index contributed by atoms with van der Waals surface area (Å²) in [7, 11) is -2.16. The fourth-order valence-corrected chi connectivity index (χ4v) is 5.37. The third-order valence-corrected chi connectivity index (χ3v) is 6.69. The van der Waals surface area contributed by atoms with Gasteiger partial charge in [-0.05, 0) is 55.2 Å². The van der Waals surface area contributed by atoms with Crippen LogP contribution in [0.5, 0.6) is 5.75 Å². The van der Waals surface area contributed by atoms with Crippen molar-refractivity contribution in [3.05, 3.63) is 53.6 Å². The fraction of sp³-hybridized carbons (Fsp3) is 0.350. The number of carbonyl (C=O) groups excluding carboxylic acids is 1. The van der Waals surface area contributed by atoms with Crippen LogP contribution in [0, 0.1) is 6.92 Å². The average molecular weight is 388 g/mol. The Labute approximate surface area is 160 Å². The van der Waals surface area contributed by atoms with Crippen molar-refractivity contribution in [1.82, 2.24) is 4.31 Å². The Morgan fingerprint density at radius 3 is 2.52 bits per heavy atom. The standard InChI is InChI=1S/C20H24N2O4S/c1-14-6-11-18(21-15(2)23)20(13-14)27(24,25)22-12-4-5-19(22)16-7-9-17(26-3)10-8-16/h6-11,13,19H,4-5,12H2,1-3H3,(H,21,23)/t19-/m0/s1. The lowest BCUT2D eigenvalue weighted by molar-refractivity contribution is -0.114. The summed E-state index contributed by atoms with van der Waals surface area (Å²) in [5.41, 5.74) is 2.07. The molecule has 2 aromatic rings. The topological polar surface area (TPSA) is 75.7 Å². The van der Waals surface area contributed by atoms with Gasteiger partial charge in [-0.1, -0.05) is 18.2 Å². The van der Waals surface area contributed by atoms with E-state index in [1.54, 1.807) is 25.3 Å². The maximum absolute atomic E-state index is 13.4. The second-order valence-electron chi connectivity index (χ2n) is 6.73. The molecule has 1 aliphatic rings. The highest BCUT2D eigenvalue weighted by atomic mass is 32.2. The van der Waals surface area contributed by atoms with Crippen LogP contribution in [0.25, 0.3) is 0 Å². The Bertz CT molecular complexity index is 939. The largest absolute Gasteiger partial charge is 0.497 e. The molecule has 0 unspecified atom stereocenters. The SMILES string of the molecule is COc1ccc([C@@H]2CCCN2S(=O)(=O)c2cc(C)ccc2NC(C)=O)cc1. The molecule has 1 saturated heterocycles. The number of ether oxygens (including phenoxy) is 1. The second kappa shape index (κ2) is 7.70. The number of amides is 1. The van der Waals surface area contributed by atoms with Crippen LogP contribution in [0.4, 0.5) is 5.69 Å². The van der Waals surface area contributed by atoms with Crippen LogP contribution in [-0.4, -0.2) is 32.3 Å². The molecule has 0 aromatic heterocycles. The molecule has 0 aliphatic carbocycles. The van der Waals surface area contributed by atoms with Gasteiger partial charge >= 0.3 is 0 Å². The van der Waals surface area contributed by atoms with E-state index < -0.39 is 10.0 Å². The molecule has 1 N–H and O–H groups in total. The predicted molar refractivity (Wildman–Crippen MR) is 104 cm³/mol. The summed E-state index contributed by atoms with van der Waals surface area (Å²) in [5.74, 6) is 0.432. The summed E-state index contributed by atoms with van der Waals surface area (Å²) in [5, 5.41) is 2.64. The Hall–Kier alpha value is -2.38. The second-order valence-corrected chi connectivity index (χ2v) is 8.59. The minimum atomic E-state index is -3.76. The van der Waals surface area contributed by atoms with E-state index in [-0.39, 0.29) is 16.8 Å². The molecule has 144 valence electrons. The fourth-order valence-electron chi connectivity index (χ4n) is 3.45. The number of hydrogen-bond donors (Lipinski definition) is 1. The first kappa shape index (κ1) is 19.4. The molecule has 0 radical (unpaired) electrons. The third kappa shape index (κ3) is 3.99. The lowest BCUT2D eigenvalue weighted by atomic mass is 10.1. The number of carbonyl (C=O) groups is 1. The van der Waals surface area contributed by atoms with Crippen molar-refractivity contribution < 1.29 is 17.9 Å². The third-order valence-electron chi connectivity index (χ3n) is 4.74. The van der Waals surface area contributed by atoms with Crippen molar-refractivity contribution >= 4 is 21.6 Å². The zero-order chi connectivity index (χ0) is 19.6. The zero-order valence-corrected chi connectivity index (χ0v) is 16.5. The van der Waals surface area contributed by atoms with Gasteiger partial charge in [-0.3, -0.25) is 4.79 Å². The van der Waals surface area contributed by atoms with Gasteiger partial charge in [0.05, 0.1) is 18.8 Å². The molecule has 27 heavy (non-hydrogen) atoms. The molecular weight excluding hydrogens is 364 g/mol. The van der Waals surface area contributed by atoms with Crippen LogP contribution in [0.15, 0.2) is 47.4 Å². The normalized spacial score (nSPS) is 17.7. The van der Waals surface area contributed by atoms with E-state index in [2.05, 4.69) is 5.32 Å². The van der Waals surface area contributed by atoms with Gasteiger partial charge < -0.3 is 10.1 Å². The monoisotopic (exact) mass is 388 g/mol. The van der Waals surface area contributed by atoms with Crippen molar-refractivity contribution in [3.63, 3.8) is 0 Å². The van der Waals surface area contributed by atoms with Crippen molar-refractivity contribution in [2.24, 2.45) is 0 Å². The van der Waals surface area contributed by atoms with E-state index in [0.717, 1.165) is 29.7 Å². The van der Waals surface area contributed by atoms with E-state index in [0.29, 0.717) is 12.2 Å². The summed E-state index contributed by atoms with van der Waals surface area (Å²) in [4.78, 5) is 11.7. The number of nitrogens with zero attached hydrogens (tertiary/aromatic N) is 1. The molecule has 1 aliphatic heterocycles. The van der Waals surface area contributed by atoms with Crippen LogP contribution in [-0.2, 0) is 14.8 Å². The van der Waals surface area contributed by atoms with Gasteiger partial charge in [0.2, 0.25) is 15.9 Å². The first-order chi connectivity index (χ1) is 12.8. The number of nitrogens with one attached hydrogen (secondary N) is 1. The van der Waals surface area contributed by atoms with E-state index in [1.807, 2.05) is 31.2 Å². The molecule has 0 spiro atoms. The first-order valence-electron chi connectivity index (χ1n) is 8.87. The van der Waals surface area contributed by atoms with Crippen LogP contribution in [0.2, 0.25) is 0 Å². The molecule has 0 bridgehead atoms. The highest BCUT2D eigenvalue weighted by Crippen LogP contribution is 2.38. The summed E-state index contributed by atoms with van der Waals surface area (Å²) in [6.07, 6.45) is 1.55. The van der Waals surface area contributed by atoms with E-state index in [1.165, 1.54) is 11.2 Å². The van der Waals surface area contributed by atoms with E-state index >= 15 is 0 Å². The van der Waals surface area contributed by atoms with Gasteiger partial charge in [-0.2, -0.15) is 4.31 Å². The molecule has 6 nitrogen and oxygen atoms in total. The number of rotatable bonds is 5. The maximum Gasteiger partial charge on any atom is 0.245 e. The number of benzene rings is 2. The number of aryl methyl sites for hydroxylation is 1. The van der Waals surface area contributed by atoms with Gasteiger partial charge in [-0.25, -0.2) is 8.42 Å². The molecule has 0 saturated carbocycles. The maximum atomic E-state index is 13.4. The summed E-state index contributed by atoms with van der Waals surface area (Å²) in [6, 6.07) is 12.3. The lowest BCUT2D eigenvalue weighted by Crippen LogP contribution is -2.31. The molecule has 7 heteroatoms. The zero-order valence-electron chi connectivity index (χ0n) is 15.7. The van der Waals surface area contributed by atoms with Crippen LogP contribution in [0.1, 0.15) is 36.9 Å². The Morgan fingerprint density at radius 2 is 1.89 bits per heavy atom. The number of anilines is 1. The summed E-state index contributed by atoms with van der Waals surface area (Å²) < 4.78 is 33.6. The molecule has 1 amide bonds. The number of sulfonamides is 1. The first-order valence-corrected chi connectivity index (χ1v) is 10.3. The van der Waals surface area contributed by atoms with Gasteiger partial charge in [-0.15, -0.1) is 0 Å². The molecular formula is C20H24N2O4S. The molecule has 2 aromatic carbocycles. The predicted octanol–water partition coefficient (Wildman–Crippen LogP) is 3.49. The summed E-state index contributed by atoms with van der Waals surface area (Å²) >= 11 is 0. The summed E-state index contributed by atoms with van der Waals surface area (Å²) in [6.45, 7) is 3.65. The van der Waals surface area contributed by atoms with Crippen molar-refractivity contribution in [2.75, 3.05) is 19.0 Å². The number of methoxy groups -OCH3 is 1. The molecule has 1 heterocycles. The average Bonchev–Trinajstić information content (AvgIpc) is 3.13. The van der Waals surface area contributed by atoms with Crippen molar-refractivity contribution in [2.45, 2.75) is 37.6 Å². The minimum Gasteiger partial charge on any atom is -0.497 e. The van der Waals surface area contributed by atoms with E-state index in [4.69, 9.17) is 4.74 Å². The van der Waals surface area contributed by atoms with Gasteiger partial charge in [0, 0.05) is 13.5 Å². The molecule has 1 fully saturated rings. The highest BCUT2D eigenvalue weighted by Gasteiger charge is 2.37. The number of hydrogen-bond acceptors (Lipinski definition) is 4.